The zero-order valence-electron chi connectivity index (χ0n) is 12.7. The van der Waals surface area contributed by atoms with Crippen LogP contribution in [0.4, 0.5) is 0 Å². The molecule has 0 fully saturated rings. The maximum Gasteiger partial charge on any atom is 0.138 e. The molecule has 0 radical (unpaired) electrons. The molecule has 0 saturated carbocycles. The van der Waals surface area contributed by atoms with Crippen LogP contribution < -0.4 is 17.1 Å². The zero-order chi connectivity index (χ0) is 14.7. The molecule has 1 aliphatic rings. The Morgan fingerprint density at radius 3 is 2.73 bits per heavy atom. The lowest BCUT2D eigenvalue weighted by Gasteiger charge is -2.28. The van der Waals surface area contributed by atoms with Crippen LogP contribution in [0, 0.1) is 6.92 Å². The summed E-state index contributed by atoms with van der Waals surface area (Å²) >= 11 is 6.15. The fourth-order valence-electron chi connectivity index (χ4n) is 2.75. The Morgan fingerprint density at radius 1 is 1.14 bits per heavy atom. The molecule has 0 aromatic heterocycles. The van der Waals surface area contributed by atoms with Crippen molar-refractivity contribution in [3.63, 3.8) is 0 Å². The molecule has 3 rings (SSSR count). The van der Waals surface area contributed by atoms with E-state index in [0.717, 1.165) is 31.8 Å². The molecule has 0 N–H and O–H groups in total. The van der Waals surface area contributed by atoms with Crippen molar-refractivity contribution in [1.82, 2.24) is 4.90 Å². The van der Waals surface area contributed by atoms with Gasteiger partial charge in [-0.1, -0.05) is 41.9 Å². The van der Waals surface area contributed by atoms with E-state index in [9.17, 15) is 0 Å². The lowest BCUT2D eigenvalue weighted by molar-refractivity contribution is -0.00000473. The van der Waals surface area contributed by atoms with Gasteiger partial charge in [0.2, 0.25) is 0 Å². The topological polar surface area (TPSA) is 12.5 Å². The van der Waals surface area contributed by atoms with Gasteiger partial charge in [0.05, 0.1) is 5.02 Å². The largest absolute Gasteiger partial charge is 1.00 e. The van der Waals surface area contributed by atoms with Crippen LogP contribution in [0.15, 0.2) is 42.5 Å². The van der Waals surface area contributed by atoms with Crippen molar-refractivity contribution in [2.24, 2.45) is 0 Å². The summed E-state index contributed by atoms with van der Waals surface area (Å²) in [4.78, 5) is 2.44. The molecule has 2 aromatic carbocycles. The average molecular weight is 337 g/mol. The Bertz CT molecular complexity index is 630. The van der Waals surface area contributed by atoms with E-state index in [-0.39, 0.29) is 12.4 Å². The lowest BCUT2D eigenvalue weighted by atomic mass is 10.0. The van der Waals surface area contributed by atoms with Crippen LogP contribution in [-0.4, -0.2) is 24.6 Å². The molecule has 0 bridgehead atoms. The van der Waals surface area contributed by atoms with Gasteiger partial charge >= 0.3 is 0 Å². The molecule has 22 heavy (non-hydrogen) atoms. The van der Waals surface area contributed by atoms with Gasteiger partial charge in [0.1, 0.15) is 12.4 Å². The van der Waals surface area contributed by atoms with Crippen LogP contribution in [0.3, 0.4) is 0 Å². The number of ether oxygens (including phenoxy) is 1. The van der Waals surface area contributed by atoms with Crippen LogP contribution >= 0.6 is 11.6 Å². The van der Waals surface area contributed by atoms with Gasteiger partial charge in [-0.25, -0.2) is 0 Å². The third kappa shape index (κ3) is 4.16. The van der Waals surface area contributed by atoms with E-state index in [4.69, 9.17) is 16.3 Å². The Labute approximate surface area is 143 Å². The van der Waals surface area contributed by atoms with E-state index < -0.39 is 0 Å². The molecule has 1 heterocycles. The van der Waals surface area contributed by atoms with Crippen LogP contribution in [-0.2, 0) is 13.0 Å². The first kappa shape index (κ1) is 17.1. The van der Waals surface area contributed by atoms with Crippen LogP contribution in [0.1, 0.15) is 16.7 Å². The average Bonchev–Trinajstić information content (AvgIpc) is 2.50. The minimum atomic E-state index is 0. The van der Waals surface area contributed by atoms with Crippen molar-refractivity contribution < 1.29 is 17.1 Å². The van der Waals surface area contributed by atoms with Crippen molar-refractivity contribution in [1.29, 1.82) is 0 Å². The molecule has 0 atom stereocenters. The molecular formula is C18H20Cl2NO-. The lowest BCUT2D eigenvalue weighted by Crippen LogP contribution is -3.00. The molecule has 1 aliphatic heterocycles. The Balaban J connectivity index is 0.00000176. The monoisotopic (exact) mass is 336 g/mol. The van der Waals surface area contributed by atoms with Crippen LogP contribution in [0.2, 0.25) is 5.02 Å². The SMILES string of the molecule is Cc1ccc(Cl)c(OCCN2CCc3ccccc3C2)c1.[Cl-]. The van der Waals surface area contributed by atoms with Gasteiger partial charge in [0.25, 0.3) is 0 Å². The van der Waals surface area contributed by atoms with E-state index in [1.54, 1.807) is 0 Å². The number of hydrogen-bond donors (Lipinski definition) is 0. The Hall–Kier alpha value is -1.22. The van der Waals surface area contributed by atoms with Gasteiger partial charge in [-0.2, -0.15) is 0 Å². The van der Waals surface area contributed by atoms with Gasteiger partial charge in [0.15, 0.2) is 0 Å². The summed E-state index contributed by atoms with van der Waals surface area (Å²) in [5.41, 5.74) is 4.09. The molecule has 0 spiro atoms. The first-order chi connectivity index (χ1) is 10.2. The molecule has 0 saturated heterocycles. The van der Waals surface area contributed by atoms with Gasteiger partial charge in [-0.05, 0) is 42.2 Å². The summed E-state index contributed by atoms with van der Waals surface area (Å²) in [7, 11) is 0. The minimum absolute atomic E-state index is 0. The molecule has 0 amide bonds. The van der Waals surface area contributed by atoms with Gasteiger partial charge < -0.3 is 17.1 Å². The summed E-state index contributed by atoms with van der Waals surface area (Å²) < 4.78 is 5.83. The highest BCUT2D eigenvalue weighted by atomic mass is 35.5. The molecule has 0 unspecified atom stereocenters. The second-order valence-corrected chi connectivity index (χ2v) is 5.98. The van der Waals surface area contributed by atoms with Crippen molar-refractivity contribution in [3.8, 4) is 5.75 Å². The van der Waals surface area contributed by atoms with Crippen molar-refractivity contribution in [2.75, 3.05) is 19.7 Å². The summed E-state index contributed by atoms with van der Waals surface area (Å²) in [6, 6.07) is 14.6. The highest BCUT2D eigenvalue weighted by Gasteiger charge is 2.15. The Morgan fingerprint density at radius 2 is 1.91 bits per heavy atom. The number of halogens is 2. The summed E-state index contributed by atoms with van der Waals surface area (Å²) in [6.07, 6.45) is 1.13. The maximum atomic E-state index is 6.15. The third-order valence-electron chi connectivity index (χ3n) is 3.96. The van der Waals surface area contributed by atoms with Crippen molar-refractivity contribution >= 4 is 11.6 Å². The predicted molar refractivity (Wildman–Crippen MR) is 87.1 cm³/mol. The highest BCUT2D eigenvalue weighted by molar-refractivity contribution is 6.32. The number of hydrogen-bond acceptors (Lipinski definition) is 2. The third-order valence-corrected chi connectivity index (χ3v) is 4.27. The smallest absolute Gasteiger partial charge is 0.138 e. The number of fused-ring (bicyclic) bond motifs is 1. The van der Waals surface area contributed by atoms with Gasteiger partial charge in [-0.3, -0.25) is 4.90 Å². The van der Waals surface area contributed by atoms with Crippen LogP contribution in [0.25, 0.3) is 0 Å². The van der Waals surface area contributed by atoms with E-state index in [1.165, 1.54) is 16.7 Å². The fraction of sp³-hybridized carbons (Fsp3) is 0.333. The normalized spacial score (nSPS) is 14.1. The minimum Gasteiger partial charge on any atom is -1.00 e. The number of benzene rings is 2. The van der Waals surface area contributed by atoms with Gasteiger partial charge in [0, 0.05) is 19.6 Å². The number of aryl methyl sites for hydroxylation is 1. The summed E-state index contributed by atoms with van der Waals surface area (Å²) in [5.74, 6) is 0.786. The molecule has 118 valence electrons. The summed E-state index contributed by atoms with van der Waals surface area (Å²) in [5, 5.41) is 0.685. The number of nitrogens with zero attached hydrogens (tertiary/aromatic N) is 1. The van der Waals surface area contributed by atoms with Crippen LogP contribution in [0.5, 0.6) is 5.75 Å². The summed E-state index contributed by atoms with van der Waals surface area (Å²) in [6.45, 7) is 5.76. The van der Waals surface area contributed by atoms with Gasteiger partial charge in [-0.15, -0.1) is 0 Å². The van der Waals surface area contributed by atoms with E-state index >= 15 is 0 Å². The second kappa shape index (κ2) is 7.87. The fourth-order valence-corrected chi connectivity index (χ4v) is 2.92. The van der Waals surface area contributed by atoms with E-state index in [0.29, 0.717) is 11.6 Å². The molecule has 2 aromatic rings. The number of rotatable bonds is 4. The van der Waals surface area contributed by atoms with Crippen molar-refractivity contribution in [2.45, 2.75) is 19.9 Å². The first-order valence-electron chi connectivity index (χ1n) is 7.40. The zero-order valence-corrected chi connectivity index (χ0v) is 14.2. The second-order valence-electron chi connectivity index (χ2n) is 5.58. The molecule has 0 aliphatic carbocycles. The standard InChI is InChI=1S/C18H20ClNO.ClH/c1-14-6-7-17(19)18(12-14)21-11-10-20-9-8-15-4-2-3-5-16(15)13-20;/h2-7,12H,8-11,13H2,1H3;1H/p-1. The van der Waals surface area contributed by atoms with E-state index in [1.807, 2.05) is 25.1 Å². The van der Waals surface area contributed by atoms with Crippen molar-refractivity contribution in [3.05, 3.63) is 64.2 Å². The van der Waals surface area contributed by atoms with E-state index in [2.05, 4.69) is 29.2 Å². The quantitative estimate of drug-likeness (QED) is 0.828. The highest BCUT2D eigenvalue weighted by Crippen LogP contribution is 2.25. The maximum absolute atomic E-state index is 6.15. The molecule has 2 nitrogen and oxygen atoms in total. The predicted octanol–water partition coefficient (Wildman–Crippen LogP) is 1.09. The first-order valence-corrected chi connectivity index (χ1v) is 7.78. The Kier molecular flexibility index (Phi) is 6.13. The molecule has 4 heteroatoms. The molecular weight excluding hydrogens is 317 g/mol.